The summed E-state index contributed by atoms with van der Waals surface area (Å²) in [7, 11) is 1.61. The molecule has 202 valence electrons. The van der Waals surface area contributed by atoms with E-state index in [2.05, 4.69) is 12.1 Å². The van der Waals surface area contributed by atoms with Gasteiger partial charge in [0.25, 0.3) is 0 Å². The summed E-state index contributed by atoms with van der Waals surface area (Å²) in [6.45, 7) is 1.65. The molecule has 2 aliphatic rings. The first-order valence-corrected chi connectivity index (χ1v) is 13.1. The number of carbonyl (C=O) groups excluding carboxylic acids is 1. The van der Waals surface area contributed by atoms with Crippen LogP contribution < -0.4 is 0 Å². The highest BCUT2D eigenvalue weighted by molar-refractivity contribution is 5.77. The SMILES string of the molecule is COC1C=CC(OC(=O)N(CC(=O)O)Cc2ccc(C3CC3Cc3nc(-c4ccccc4)oc3C)cc2)=CC1. The van der Waals surface area contributed by atoms with E-state index in [1.165, 1.54) is 10.5 Å². The number of ether oxygens (including phenoxy) is 2. The zero-order valence-corrected chi connectivity index (χ0v) is 22.1. The third kappa shape index (κ3) is 6.64. The van der Waals surface area contributed by atoms with E-state index in [0.29, 0.717) is 29.9 Å². The second kappa shape index (κ2) is 11.7. The smallest absolute Gasteiger partial charge is 0.416 e. The largest absolute Gasteiger partial charge is 0.480 e. The molecule has 0 saturated heterocycles. The topological polar surface area (TPSA) is 102 Å². The highest BCUT2D eigenvalue weighted by Gasteiger charge is 2.39. The Morgan fingerprint density at radius 3 is 2.56 bits per heavy atom. The number of amides is 1. The van der Waals surface area contributed by atoms with Crippen LogP contribution in [0.25, 0.3) is 11.5 Å². The number of aliphatic carboxylic acids is 1. The molecule has 5 rings (SSSR count). The highest BCUT2D eigenvalue weighted by atomic mass is 16.6. The zero-order chi connectivity index (χ0) is 27.4. The molecule has 3 atom stereocenters. The van der Waals surface area contributed by atoms with Crippen molar-refractivity contribution < 1.29 is 28.6 Å². The fourth-order valence-corrected chi connectivity index (χ4v) is 4.89. The lowest BCUT2D eigenvalue weighted by Gasteiger charge is -2.22. The van der Waals surface area contributed by atoms with Crippen LogP contribution in [0.3, 0.4) is 0 Å². The fourth-order valence-electron chi connectivity index (χ4n) is 4.89. The van der Waals surface area contributed by atoms with E-state index in [1.54, 1.807) is 25.3 Å². The van der Waals surface area contributed by atoms with Crippen LogP contribution in [0.2, 0.25) is 0 Å². The van der Waals surface area contributed by atoms with E-state index < -0.39 is 18.6 Å². The first-order valence-electron chi connectivity index (χ1n) is 13.1. The van der Waals surface area contributed by atoms with Crippen molar-refractivity contribution in [2.24, 2.45) is 5.92 Å². The molecule has 2 aliphatic carbocycles. The second-order valence-electron chi connectivity index (χ2n) is 10.0. The van der Waals surface area contributed by atoms with Crippen molar-refractivity contribution in [1.82, 2.24) is 9.88 Å². The zero-order valence-electron chi connectivity index (χ0n) is 22.1. The van der Waals surface area contributed by atoms with Crippen LogP contribution in [0.1, 0.15) is 41.3 Å². The van der Waals surface area contributed by atoms with Gasteiger partial charge < -0.3 is 19.0 Å². The van der Waals surface area contributed by atoms with Crippen LogP contribution in [-0.4, -0.2) is 46.8 Å². The van der Waals surface area contributed by atoms with Crippen LogP contribution in [0.4, 0.5) is 4.79 Å². The van der Waals surface area contributed by atoms with Gasteiger partial charge >= 0.3 is 12.1 Å². The van der Waals surface area contributed by atoms with E-state index in [0.717, 1.165) is 35.4 Å². The Balaban J connectivity index is 1.18. The maximum atomic E-state index is 12.7. The third-order valence-corrected chi connectivity index (χ3v) is 7.19. The van der Waals surface area contributed by atoms with Crippen LogP contribution in [0.15, 0.2) is 83.0 Å². The minimum Gasteiger partial charge on any atom is -0.480 e. The van der Waals surface area contributed by atoms with E-state index in [4.69, 9.17) is 18.9 Å². The molecule has 1 aromatic heterocycles. The summed E-state index contributed by atoms with van der Waals surface area (Å²) >= 11 is 0. The Labute approximate surface area is 227 Å². The number of methoxy groups -OCH3 is 1. The Hall–Kier alpha value is -4.17. The van der Waals surface area contributed by atoms with E-state index >= 15 is 0 Å². The molecule has 0 aliphatic heterocycles. The number of nitrogens with zero attached hydrogens (tertiary/aromatic N) is 2. The predicted molar refractivity (Wildman–Crippen MR) is 145 cm³/mol. The molecule has 0 bridgehead atoms. The fraction of sp³-hybridized carbons (Fsp3) is 0.323. The normalized spacial score (nSPS) is 19.8. The standard InChI is InChI=1S/C31H32N2O6/c1-20-28(32-30(38-20)23-6-4-3-5-7-23)17-24-16-27(24)22-10-8-21(9-11-22)18-33(19-29(34)35)31(36)39-26-14-12-25(37-2)13-15-26/h3-12,14-15,24-25,27H,13,16-19H2,1-2H3,(H,34,35). The number of allylic oxidation sites excluding steroid dienone is 1. The summed E-state index contributed by atoms with van der Waals surface area (Å²) in [4.78, 5) is 30.1. The number of carboxylic acids is 1. The number of rotatable bonds is 10. The number of oxazole rings is 1. The minimum absolute atomic E-state index is 0.0566. The molecule has 1 N–H and O–H groups in total. The van der Waals surface area contributed by atoms with Crippen LogP contribution in [0.5, 0.6) is 0 Å². The van der Waals surface area contributed by atoms with Gasteiger partial charge in [-0.2, -0.15) is 0 Å². The lowest BCUT2D eigenvalue weighted by atomic mass is 10.0. The first kappa shape index (κ1) is 26.4. The molecule has 3 unspecified atom stereocenters. The Kier molecular flexibility index (Phi) is 7.93. The van der Waals surface area contributed by atoms with Gasteiger partial charge in [0.15, 0.2) is 0 Å². The summed E-state index contributed by atoms with van der Waals surface area (Å²) in [6.07, 6.45) is 7.00. The van der Waals surface area contributed by atoms with Gasteiger partial charge in [0, 0.05) is 19.2 Å². The molecular formula is C31H32N2O6. The van der Waals surface area contributed by atoms with Gasteiger partial charge in [-0.05, 0) is 73.4 Å². The van der Waals surface area contributed by atoms with Gasteiger partial charge in [-0.3, -0.25) is 9.69 Å². The van der Waals surface area contributed by atoms with Crippen molar-refractivity contribution in [1.29, 1.82) is 0 Å². The molecule has 8 nitrogen and oxygen atoms in total. The lowest BCUT2D eigenvalue weighted by molar-refractivity contribution is -0.138. The van der Waals surface area contributed by atoms with Crippen LogP contribution >= 0.6 is 0 Å². The van der Waals surface area contributed by atoms with Crippen molar-refractivity contribution in [3.8, 4) is 11.5 Å². The Bertz CT molecular complexity index is 1380. The molecule has 8 heteroatoms. The molecule has 1 fully saturated rings. The van der Waals surface area contributed by atoms with Crippen LogP contribution in [0, 0.1) is 12.8 Å². The molecule has 1 amide bonds. The van der Waals surface area contributed by atoms with Crippen molar-refractivity contribution in [3.63, 3.8) is 0 Å². The number of hydrogen-bond acceptors (Lipinski definition) is 6. The lowest BCUT2D eigenvalue weighted by Crippen LogP contribution is -2.35. The molecule has 39 heavy (non-hydrogen) atoms. The Morgan fingerprint density at radius 1 is 1.13 bits per heavy atom. The number of carboxylic acid groups (broad SMARTS) is 1. The monoisotopic (exact) mass is 528 g/mol. The molecule has 2 aromatic carbocycles. The number of benzene rings is 2. The van der Waals surface area contributed by atoms with Crippen molar-refractivity contribution in [3.05, 3.63) is 101 Å². The van der Waals surface area contributed by atoms with Crippen molar-refractivity contribution in [2.75, 3.05) is 13.7 Å². The molecule has 1 heterocycles. The van der Waals surface area contributed by atoms with Crippen molar-refractivity contribution >= 4 is 12.1 Å². The van der Waals surface area contributed by atoms with Crippen molar-refractivity contribution in [2.45, 2.75) is 44.8 Å². The highest BCUT2D eigenvalue weighted by Crippen LogP contribution is 2.49. The first-order chi connectivity index (χ1) is 18.9. The summed E-state index contributed by atoms with van der Waals surface area (Å²) in [6, 6.07) is 17.9. The minimum atomic E-state index is -1.10. The number of aryl methyl sites for hydroxylation is 1. The van der Waals surface area contributed by atoms with E-state index in [-0.39, 0.29) is 12.6 Å². The molecule has 0 spiro atoms. The average Bonchev–Trinajstić information content (AvgIpc) is 3.62. The maximum absolute atomic E-state index is 12.7. The van der Waals surface area contributed by atoms with Gasteiger partial charge in [0.05, 0.1) is 11.8 Å². The molecule has 1 saturated carbocycles. The number of carbonyl (C=O) groups is 2. The number of aromatic nitrogens is 1. The maximum Gasteiger partial charge on any atom is 0.416 e. The van der Waals surface area contributed by atoms with Gasteiger partial charge in [-0.25, -0.2) is 9.78 Å². The Morgan fingerprint density at radius 2 is 1.90 bits per heavy atom. The van der Waals surface area contributed by atoms with E-state index in [1.807, 2.05) is 49.4 Å². The summed E-state index contributed by atoms with van der Waals surface area (Å²) in [5.41, 5.74) is 4.04. The predicted octanol–water partition coefficient (Wildman–Crippen LogP) is 5.88. The van der Waals surface area contributed by atoms with E-state index in [9.17, 15) is 14.7 Å². The van der Waals surface area contributed by atoms with Gasteiger partial charge in [-0.1, -0.05) is 48.5 Å². The van der Waals surface area contributed by atoms with Gasteiger partial charge in [0.1, 0.15) is 18.1 Å². The summed E-state index contributed by atoms with van der Waals surface area (Å²) < 4.78 is 16.6. The molecular weight excluding hydrogens is 496 g/mol. The van der Waals surface area contributed by atoms with Crippen LogP contribution in [-0.2, 0) is 27.2 Å². The third-order valence-electron chi connectivity index (χ3n) is 7.19. The van der Waals surface area contributed by atoms with Gasteiger partial charge in [0.2, 0.25) is 5.89 Å². The molecule has 0 radical (unpaired) electrons. The quantitative estimate of drug-likeness (QED) is 0.351. The average molecular weight is 529 g/mol. The van der Waals surface area contributed by atoms with Gasteiger partial charge in [-0.15, -0.1) is 0 Å². The number of hydrogen-bond donors (Lipinski definition) is 1. The second-order valence-corrected chi connectivity index (χ2v) is 10.0. The summed E-state index contributed by atoms with van der Waals surface area (Å²) in [5, 5.41) is 9.34. The summed E-state index contributed by atoms with van der Waals surface area (Å²) in [5.74, 6) is 1.74. The molecule has 3 aromatic rings.